The summed E-state index contributed by atoms with van der Waals surface area (Å²) >= 11 is 1.55. The Labute approximate surface area is 129 Å². The van der Waals surface area contributed by atoms with E-state index < -0.39 is 5.97 Å². The average Bonchev–Trinajstić information content (AvgIpc) is 2.42. The van der Waals surface area contributed by atoms with Crippen molar-refractivity contribution in [2.24, 2.45) is 0 Å². The summed E-state index contributed by atoms with van der Waals surface area (Å²) in [6, 6.07) is 5.33. The Morgan fingerprint density at radius 3 is 2.67 bits per heavy atom. The van der Waals surface area contributed by atoms with Gasteiger partial charge in [-0.1, -0.05) is 12.1 Å². The summed E-state index contributed by atoms with van der Waals surface area (Å²) in [6.45, 7) is 3.59. The number of nitrogens with two attached hydrogens (primary N) is 1. The predicted octanol–water partition coefficient (Wildman–Crippen LogP) is 2.63. The molecule has 116 valence electrons. The van der Waals surface area contributed by atoms with Crippen LogP contribution in [-0.2, 0) is 20.0 Å². The summed E-state index contributed by atoms with van der Waals surface area (Å²) < 4.78 is 9.80. The largest absolute Gasteiger partial charge is 0.469 e. The Bertz CT molecular complexity index is 502. The number of thioether (sulfide) groups is 1. The highest BCUT2D eigenvalue weighted by Crippen LogP contribution is 2.23. The van der Waals surface area contributed by atoms with Gasteiger partial charge in [-0.15, -0.1) is 0 Å². The van der Waals surface area contributed by atoms with Gasteiger partial charge >= 0.3 is 11.9 Å². The van der Waals surface area contributed by atoms with E-state index in [-0.39, 0.29) is 12.1 Å². The van der Waals surface area contributed by atoms with Gasteiger partial charge in [0, 0.05) is 17.2 Å². The van der Waals surface area contributed by atoms with E-state index in [1.807, 2.05) is 6.07 Å². The van der Waals surface area contributed by atoms with Crippen molar-refractivity contribution in [3.05, 3.63) is 29.3 Å². The molecule has 0 atom stereocenters. The Hall–Kier alpha value is -1.69. The van der Waals surface area contributed by atoms with E-state index in [0.29, 0.717) is 29.2 Å². The van der Waals surface area contributed by atoms with Gasteiger partial charge in [0.05, 0.1) is 25.2 Å². The zero-order chi connectivity index (χ0) is 15.8. The first-order valence-corrected chi connectivity index (χ1v) is 7.84. The number of hydrogen-bond acceptors (Lipinski definition) is 6. The molecule has 0 aliphatic rings. The highest BCUT2D eigenvalue weighted by Gasteiger charge is 2.17. The first-order chi connectivity index (χ1) is 9.95. The lowest BCUT2D eigenvalue weighted by Crippen LogP contribution is -2.15. The number of ether oxygens (including phenoxy) is 2. The van der Waals surface area contributed by atoms with E-state index in [2.05, 4.69) is 4.74 Å². The molecule has 5 nitrogen and oxygen atoms in total. The molecule has 0 spiro atoms. The molecule has 0 radical (unpaired) electrons. The van der Waals surface area contributed by atoms with Gasteiger partial charge in [-0.2, -0.15) is 11.8 Å². The zero-order valence-electron chi connectivity index (χ0n) is 12.5. The molecule has 0 saturated heterocycles. The van der Waals surface area contributed by atoms with E-state index in [4.69, 9.17) is 10.5 Å². The van der Waals surface area contributed by atoms with Crippen LogP contribution in [-0.4, -0.2) is 30.9 Å². The molecule has 2 N–H and O–H groups in total. The van der Waals surface area contributed by atoms with Crippen LogP contribution in [0, 0.1) is 0 Å². The number of esters is 2. The van der Waals surface area contributed by atoms with Gasteiger partial charge in [-0.3, -0.25) is 4.79 Å². The molecular weight excluding hydrogens is 290 g/mol. The fourth-order valence-electron chi connectivity index (χ4n) is 1.70. The molecule has 0 amide bonds. The number of anilines is 1. The number of rotatable bonds is 7. The number of hydrogen-bond donors (Lipinski definition) is 1. The maximum Gasteiger partial charge on any atom is 0.340 e. The number of carbonyl (C=O) groups is 2. The van der Waals surface area contributed by atoms with Gasteiger partial charge in [0.25, 0.3) is 0 Å². The summed E-state index contributed by atoms with van der Waals surface area (Å²) in [4.78, 5) is 23.1. The van der Waals surface area contributed by atoms with Crippen molar-refractivity contribution in [1.82, 2.24) is 0 Å². The van der Waals surface area contributed by atoms with Crippen LogP contribution in [0.5, 0.6) is 0 Å². The third-order valence-electron chi connectivity index (χ3n) is 2.67. The first kappa shape index (κ1) is 17.4. The van der Waals surface area contributed by atoms with E-state index >= 15 is 0 Å². The molecular formula is C15H21NO4S. The van der Waals surface area contributed by atoms with E-state index in [9.17, 15) is 9.59 Å². The van der Waals surface area contributed by atoms with Gasteiger partial charge in [0.1, 0.15) is 0 Å². The molecule has 0 heterocycles. The molecule has 1 aromatic rings. The third kappa shape index (κ3) is 5.67. The van der Waals surface area contributed by atoms with Crippen molar-refractivity contribution in [3.8, 4) is 0 Å². The molecule has 0 aliphatic heterocycles. The summed E-state index contributed by atoms with van der Waals surface area (Å²) in [5.41, 5.74) is 7.53. The van der Waals surface area contributed by atoms with Gasteiger partial charge in [0.2, 0.25) is 0 Å². The second-order valence-corrected chi connectivity index (χ2v) is 5.82. The van der Waals surface area contributed by atoms with Crippen LogP contribution in [0.2, 0.25) is 0 Å². The monoisotopic (exact) mass is 311 g/mol. The summed E-state index contributed by atoms with van der Waals surface area (Å²) in [5, 5.41) is 0. The van der Waals surface area contributed by atoms with Crippen LogP contribution in [0.1, 0.15) is 36.2 Å². The molecule has 0 aromatic heterocycles. The molecule has 0 unspecified atom stereocenters. The topological polar surface area (TPSA) is 78.6 Å². The fraction of sp³-hybridized carbons (Fsp3) is 0.467. The Balaban J connectivity index is 2.71. The lowest BCUT2D eigenvalue weighted by molar-refractivity contribution is -0.140. The molecule has 0 aliphatic carbocycles. The number of carbonyl (C=O) groups excluding carboxylic acids is 2. The SMILES string of the molecule is COC(=O)CCSCc1cccc(N)c1C(=O)OC(C)C. The second kappa shape index (κ2) is 8.56. The molecule has 1 aromatic carbocycles. The summed E-state index contributed by atoms with van der Waals surface area (Å²) in [6.07, 6.45) is 0.145. The maximum absolute atomic E-state index is 12.1. The van der Waals surface area contributed by atoms with Gasteiger partial charge in [0.15, 0.2) is 0 Å². The van der Waals surface area contributed by atoms with Crippen molar-refractivity contribution in [3.63, 3.8) is 0 Å². The summed E-state index contributed by atoms with van der Waals surface area (Å²) in [7, 11) is 1.37. The minimum absolute atomic E-state index is 0.197. The van der Waals surface area contributed by atoms with Crippen molar-refractivity contribution in [2.75, 3.05) is 18.6 Å². The fourth-order valence-corrected chi connectivity index (χ4v) is 2.62. The van der Waals surface area contributed by atoms with Crippen LogP contribution in [0.3, 0.4) is 0 Å². The zero-order valence-corrected chi connectivity index (χ0v) is 13.4. The van der Waals surface area contributed by atoms with Crippen LogP contribution >= 0.6 is 11.8 Å². The van der Waals surface area contributed by atoms with Crippen molar-refractivity contribution in [1.29, 1.82) is 0 Å². The molecule has 0 fully saturated rings. The van der Waals surface area contributed by atoms with Gasteiger partial charge in [-0.25, -0.2) is 4.79 Å². The highest BCUT2D eigenvalue weighted by molar-refractivity contribution is 7.98. The minimum Gasteiger partial charge on any atom is -0.469 e. The third-order valence-corrected chi connectivity index (χ3v) is 3.67. The van der Waals surface area contributed by atoms with E-state index in [1.54, 1.807) is 37.7 Å². The second-order valence-electron chi connectivity index (χ2n) is 4.71. The van der Waals surface area contributed by atoms with Crippen molar-refractivity contribution >= 4 is 29.4 Å². The number of benzene rings is 1. The van der Waals surface area contributed by atoms with Crippen LogP contribution in [0.4, 0.5) is 5.69 Å². The van der Waals surface area contributed by atoms with Gasteiger partial charge < -0.3 is 15.2 Å². The molecule has 21 heavy (non-hydrogen) atoms. The smallest absolute Gasteiger partial charge is 0.340 e. The maximum atomic E-state index is 12.1. The Kier molecular flexibility index (Phi) is 7.08. The number of nitrogen functional groups attached to an aromatic ring is 1. The minimum atomic E-state index is -0.410. The average molecular weight is 311 g/mol. The van der Waals surface area contributed by atoms with E-state index in [1.165, 1.54) is 7.11 Å². The quantitative estimate of drug-likeness (QED) is 0.474. The standard InChI is InChI=1S/C15H21NO4S/c1-10(2)20-15(18)14-11(5-4-6-12(14)16)9-21-8-7-13(17)19-3/h4-6,10H,7-9,16H2,1-3H3. The highest BCUT2D eigenvalue weighted by atomic mass is 32.2. The first-order valence-electron chi connectivity index (χ1n) is 6.68. The Morgan fingerprint density at radius 1 is 1.33 bits per heavy atom. The lowest BCUT2D eigenvalue weighted by atomic mass is 10.1. The molecule has 1 rings (SSSR count). The van der Waals surface area contributed by atoms with Crippen molar-refractivity contribution < 1.29 is 19.1 Å². The van der Waals surface area contributed by atoms with Gasteiger partial charge in [-0.05, 0) is 25.5 Å². The molecule has 0 bridgehead atoms. The predicted molar refractivity (Wildman–Crippen MR) is 84.2 cm³/mol. The molecule has 0 saturated carbocycles. The van der Waals surface area contributed by atoms with Crippen LogP contribution in [0.15, 0.2) is 18.2 Å². The lowest BCUT2D eigenvalue weighted by Gasteiger charge is -2.13. The number of methoxy groups -OCH3 is 1. The van der Waals surface area contributed by atoms with E-state index in [0.717, 1.165) is 5.56 Å². The van der Waals surface area contributed by atoms with Crippen LogP contribution in [0.25, 0.3) is 0 Å². The van der Waals surface area contributed by atoms with Crippen LogP contribution < -0.4 is 5.73 Å². The summed E-state index contributed by atoms with van der Waals surface area (Å²) in [5.74, 6) is 0.561. The normalized spacial score (nSPS) is 10.5. The van der Waals surface area contributed by atoms with Crippen molar-refractivity contribution in [2.45, 2.75) is 32.1 Å². The Morgan fingerprint density at radius 2 is 2.05 bits per heavy atom. The molecule has 6 heteroatoms.